The second-order valence-electron chi connectivity index (χ2n) is 7.96. The Labute approximate surface area is 154 Å². The lowest BCUT2D eigenvalue weighted by Crippen LogP contribution is -2.43. The van der Waals surface area contributed by atoms with E-state index in [4.69, 9.17) is 11.6 Å². The van der Waals surface area contributed by atoms with Crippen LogP contribution in [0.15, 0.2) is 0 Å². The van der Waals surface area contributed by atoms with E-state index in [0.717, 1.165) is 56.5 Å². The number of fused-ring (bicyclic) bond motifs is 1. The van der Waals surface area contributed by atoms with Gasteiger partial charge in [-0.2, -0.15) is 0 Å². The van der Waals surface area contributed by atoms with Crippen molar-refractivity contribution in [3.8, 4) is 0 Å². The van der Waals surface area contributed by atoms with E-state index < -0.39 is 0 Å². The molecule has 0 bridgehead atoms. The van der Waals surface area contributed by atoms with Gasteiger partial charge in [-0.05, 0) is 56.5 Å². The predicted octanol–water partition coefficient (Wildman–Crippen LogP) is 3.43. The molecular weight excluding hydrogens is 336 g/mol. The van der Waals surface area contributed by atoms with Crippen LogP contribution in [0.4, 0.5) is 5.82 Å². The third-order valence-corrected chi connectivity index (χ3v) is 6.37. The van der Waals surface area contributed by atoms with Crippen molar-refractivity contribution in [3.05, 3.63) is 16.5 Å². The van der Waals surface area contributed by atoms with E-state index in [1.807, 2.05) is 0 Å². The topological polar surface area (TPSA) is 58.1 Å². The molecule has 0 spiro atoms. The van der Waals surface area contributed by atoms with Gasteiger partial charge in [0.15, 0.2) is 0 Å². The maximum atomic E-state index is 12.6. The Hall–Kier alpha value is -1.36. The van der Waals surface area contributed by atoms with Crippen molar-refractivity contribution >= 4 is 23.3 Å². The average molecular weight is 363 g/mol. The fourth-order valence-corrected chi connectivity index (χ4v) is 4.67. The smallest absolute Gasteiger partial charge is 0.224 e. The summed E-state index contributed by atoms with van der Waals surface area (Å²) in [5, 5.41) is 3.58. The van der Waals surface area contributed by atoms with Crippen molar-refractivity contribution in [2.24, 2.45) is 0 Å². The number of amides is 1. The summed E-state index contributed by atoms with van der Waals surface area (Å²) in [6, 6.07) is 0.375. The Morgan fingerprint density at radius 2 is 1.96 bits per heavy atom. The molecule has 1 amide bonds. The minimum absolute atomic E-state index is 0.0905. The summed E-state index contributed by atoms with van der Waals surface area (Å²) in [7, 11) is 2.07. The van der Waals surface area contributed by atoms with E-state index in [2.05, 4.69) is 27.2 Å². The molecule has 0 aromatic carbocycles. The first kappa shape index (κ1) is 17.1. The first-order valence-corrected chi connectivity index (χ1v) is 10.0. The van der Waals surface area contributed by atoms with Gasteiger partial charge >= 0.3 is 0 Å². The first-order chi connectivity index (χ1) is 12.1. The molecule has 0 aliphatic heterocycles. The normalized spacial score (nSPS) is 21.7. The molecule has 1 aromatic rings. The minimum atomic E-state index is -0.0905. The average Bonchev–Trinajstić information content (AvgIpc) is 3.21. The van der Waals surface area contributed by atoms with Crippen LogP contribution < -0.4 is 10.2 Å². The van der Waals surface area contributed by atoms with Crippen LogP contribution in [0.1, 0.15) is 69.0 Å². The summed E-state index contributed by atoms with van der Waals surface area (Å²) in [6.45, 7) is 0. The van der Waals surface area contributed by atoms with E-state index >= 15 is 0 Å². The van der Waals surface area contributed by atoms with Crippen LogP contribution in [0, 0.1) is 0 Å². The highest BCUT2D eigenvalue weighted by Gasteiger charge is 2.49. The van der Waals surface area contributed by atoms with Crippen LogP contribution in [-0.2, 0) is 17.6 Å². The van der Waals surface area contributed by atoms with Gasteiger partial charge in [0.25, 0.3) is 0 Å². The van der Waals surface area contributed by atoms with Crippen molar-refractivity contribution in [1.82, 2.24) is 15.3 Å². The van der Waals surface area contributed by atoms with E-state index in [1.165, 1.54) is 24.8 Å². The highest BCUT2D eigenvalue weighted by atomic mass is 35.5. The zero-order valence-corrected chi connectivity index (χ0v) is 15.7. The van der Waals surface area contributed by atoms with Gasteiger partial charge in [0.05, 0.1) is 11.2 Å². The second kappa shape index (κ2) is 6.75. The fourth-order valence-electron chi connectivity index (χ4n) is 4.48. The zero-order chi connectivity index (χ0) is 17.4. The summed E-state index contributed by atoms with van der Waals surface area (Å²) in [4.78, 5) is 23.7. The second-order valence-corrected chi connectivity index (χ2v) is 8.30. The van der Waals surface area contributed by atoms with Crippen molar-refractivity contribution in [1.29, 1.82) is 0 Å². The molecule has 6 heteroatoms. The molecule has 0 saturated heterocycles. The van der Waals surface area contributed by atoms with Gasteiger partial charge in [-0.25, -0.2) is 9.97 Å². The lowest BCUT2D eigenvalue weighted by molar-refractivity contribution is -0.122. The van der Waals surface area contributed by atoms with E-state index in [1.54, 1.807) is 0 Å². The van der Waals surface area contributed by atoms with Gasteiger partial charge in [0.1, 0.15) is 5.82 Å². The maximum absolute atomic E-state index is 12.6. The van der Waals surface area contributed by atoms with Crippen LogP contribution in [0.2, 0.25) is 5.28 Å². The molecule has 5 nitrogen and oxygen atoms in total. The molecule has 2 saturated carbocycles. The number of carbonyl (C=O) groups excluding carboxylic acids is 1. The number of hydrogen-bond donors (Lipinski definition) is 1. The Bertz CT molecular complexity index is 668. The van der Waals surface area contributed by atoms with Crippen LogP contribution >= 0.6 is 11.6 Å². The monoisotopic (exact) mass is 362 g/mol. The lowest BCUT2D eigenvalue weighted by Gasteiger charge is -2.31. The molecule has 25 heavy (non-hydrogen) atoms. The Kier molecular flexibility index (Phi) is 4.61. The number of halogens is 1. The van der Waals surface area contributed by atoms with Crippen molar-refractivity contribution in [2.45, 2.75) is 82.2 Å². The first-order valence-electron chi connectivity index (χ1n) is 9.66. The highest BCUT2D eigenvalue weighted by Crippen LogP contribution is 2.47. The summed E-state index contributed by atoms with van der Waals surface area (Å²) in [5.74, 6) is 1.13. The molecule has 1 aromatic heterocycles. The summed E-state index contributed by atoms with van der Waals surface area (Å²) in [6.07, 6.45) is 11.8. The molecule has 3 aliphatic rings. The standard InChI is InChI=1S/C19H27ClN4O/c1-24(17-14-8-5-9-15(14)22-18(20)23-17)19(10-11-19)12-16(25)21-13-6-3-2-4-7-13/h13H,2-12H2,1H3,(H,21,25). The number of nitrogens with zero attached hydrogens (tertiary/aromatic N) is 3. The summed E-state index contributed by atoms with van der Waals surface area (Å²) < 4.78 is 0. The largest absolute Gasteiger partial charge is 0.353 e. The van der Waals surface area contributed by atoms with Crippen LogP contribution in [0.25, 0.3) is 0 Å². The number of hydrogen-bond acceptors (Lipinski definition) is 4. The van der Waals surface area contributed by atoms with Gasteiger partial charge in [-0.15, -0.1) is 0 Å². The van der Waals surface area contributed by atoms with Crippen LogP contribution in [0.5, 0.6) is 0 Å². The predicted molar refractivity (Wildman–Crippen MR) is 99.1 cm³/mol. The third-order valence-electron chi connectivity index (χ3n) is 6.20. The Morgan fingerprint density at radius 3 is 2.68 bits per heavy atom. The maximum Gasteiger partial charge on any atom is 0.224 e. The fraction of sp³-hybridized carbons (Fsp3) is 0.737. The molecule has 0 radical (unpaired) electrons. The molecule has 0 unspecified atom stereocenters. The van der Waals surface area contributed by atoms with Gasteiger partial charge in [-0.1, -0.05) is 19.3 Å². The molecule has 0 atom stereocenters. The van der Waals surface area contributed by atoms with Crippen LogP contribution in [0.3, 0.4) is 0 Å². The molecule has 1 N–H and O–H groups in total. The quantitative estimate of drug-likeness (QED) is 0.815. The lowest BCUT2D eigenvalue weighted by atomic mass is 9.95. The van der Waals surface area contributed by atoms with E-state index in [-0.39, 0.29) is 11.4 Å². The summed E-state index contributed by atoms with van der Waals surface area (Å²) in [5.41, 5.74) is 2.22. The van der Waals surface area contributed by atoms with E-state index in [9.17, 15) is 4.79 Å². The van der Waals surface area contributed by atoms with Gasteiger partial charge in [0, 0.05) is 25.1 Å². The van der Waals surface area contributed by atoms with Gasteiger partial charge in [-0.3, -0.25) is 4.79 Å². The Morgan fingerprint density at radius 1 is 1.20 bits per heavy atom. The van der Waals surface area contributed by atoms with Crippen LogP contribution in [-0.4, -0.2) is 34.5 Å². The summed E-state index contributed by atoms with van der Waals surface area (Å²) >= 11 is 6.15. The van der Waals surface area contributed by atoms with E-state index in [0.29, 0.717) is 17.7 Å². The number of carbonyl (C=O) groups is 1. The molecule has 4 rings (SSSR count). The molecule has 1 heterocycles. The molecule has 2 fully saturated rings. The van der Waals surface area contributed by atoms with Crippen molar-refractivity contribution in [2.75, 3.05) is 11.9 Å². The van der Waals surface area contributed by atoms with Crippen molar-refractivity contribution < 1.29 is 4.79 Å². The number of rotatable bonds is 5. The number of aromatic nitrogens is 2. The molecular formula is C19H27ClN4O. The van der Waals surface area contributed by atoms with Gasteiger partial charge < -0.3 is 10.2 Å². The minimum Gasteiger partial charge on any atom is -0.353 e. The number of nitrogens with one attached hydrogen (secondary N) is 1. The highest BCUT2D eigenvalue weighted by molar-refractivity contribution is 6.28. The molecule has 3 aliphatic carbocycles. The Balaban J connectivity index is 1.46. The number of aryl methyl sites for hydroxylation is 1. The third kappa shape index (κ3) is 3.48. The number of anilines is 1. The SMILES string of the molecule is CN(c1nc(Cl)nc2c1CCC2)C1(CC(=O)NC2CCCCC2)CC1. The molecule has 136 valence electrons. The van der Waals surface area contributed by atoms with Crippen molar-refractivity contribution in [3.63, 3.8) is 0 Å². The zero-order valence-electron chi connectivity index (χ0n) is 15.0. The van der Waals surface area contributed by atoms with Gasteiger partial charge in [0.2, 0.25) is 11.2 Å².